The molecule has 0 N–H and O–H groups in total. The van der Waals surface area contributed by atoms with Crippen LogP contribution >= 0.6 is 25.3 Å². The largest absolute Gasteiger partial charge is 0.365 e. The second-order valence-corrected chi connectivity index (χ2v) is 3.84. The molecule has 84 valence electrons. The fourth-order valence-corrected chi connectivity index (χ4v) is 2.18. The monoisotopic (exact) mass is 234 g/mol. The molecule has 4 heteroatoms. The van der Waals surface area contributed by atoms with Crippen molar-refractivity contribution < 1.29 is 0 Å². The molecule has 0 rings (SSSR count). The Morgan fingerprint density at radius 3 is 1.07 bits per heavy atom. The summed E-state index contributed by atoms with van der Waals surface area (Å²) in [5.74, 6) is 0. The van der Waals surface area contributed by atoms with Gasteiger partial charge in [0, 0.05) is 26.2 Å². The van der Waals surface area contributed by atoms with E-state index in [0.717, 1.165) is 36.2 Å². The third-order valence-corrected chi connectivity index (χ3v) is 3.49. The van der Waals surface area contributed by atoms with Gasteiger partial charge in [-0.3, -0.25) is 0 Å². The summed E-state index contributed by atoms with van der Waals surface area (Å²) in [6, 6.07) is 0. The molecule has 0 aliphatic carbocycles. The van der Waals surface area contributed by atoms with Crippen molar-refractivity contribution in [2.75, 3.05) is 26.2 Å². The van der Waals surface area contributed by atoms with Crippen LogP contribution in [-0.2, 0) is 0 Å². The average Bonchev–Trinajstić information content (AvgIpc) is 2.21. The van der Waals surface area contributed by atoms with Crippen LogP contribution in [0.25, 0.3) is 0 Å². The highest BCUT2D eigenvalue weighted by atomic mass is 32.1. The predicted molar refractivity (Wildman–Crippen MR) is 70.8 cm³/mol. The highest BCUT2D eigenvalue weighted by Crippen LogP contribution is 2.20. The second kappa shape index (κ2) is 7.35. The van der Waals surface area contributed by atoms with Crippen molar-refractivity contribution in [3.8, 4) is 0 Å². The number of rotatable bonds is 6. The number of hydrogen-bond acceptors (Lipinski definition) is 4. The van der Waals surface area contributed by atoms with E-state index in [4.69, 9.17) is 0 Å². The maximum absolute atomic E-state index is 4.51. The summed E-state index contributed by atoms with van der Waals surface area (Å²) >= 11 is 9.03. The van der Waals surface area contributed by atoms with E-state index >= 15 is 0 Å². The first-order chi connectivity index (χ1) is 6.62. The smallest absolute Gasteiger partial charge is 0.0979 e. The minimum Gasteiger partial charge on any atom is -0.365 e. The highest BCUT2D eigenvalue weighted by molar-refractivity contribution is 7.88. The molecule has 0 aromatic rings. The topological polar surface area (TPSA) is 6.48 Å². The molecular weight excluding hydrogens is 212 g/mol. The molecule has 0 amide bonds. The lowest BCUT2D eigenvalue weighted by Gasteiger charge is -2.28. The Morgan fingerprint density at radius 1 is 0.714 bits per heavy atom. The van der Waals surface area contributed by atoms with E-state index < -0.39 is 0 Å². The van der Waals surface area contributed by atoms with Gasteiger partial charge in [0.1, 0.15) is 0 Å². The first-order valence-electron chi connectivity index (χ1n) is 5.24. The van der Waals surface area contributed by atoms with E-state index in [2.05, 4.69) is 62.8 Å². The van der Waals surface area contributed by atoms with Crippen molar-refractivity contribution in [1.29, 1.82) is 0 Å². The zero-order chi connectivity index (χ0) is 11.1. The first-order valence-corrected chi connectivity index (χ1v) is 6.13. The lowest BCUT2D eigenvalue weighted by Crippen LogP contribution is -2.26. The molecule has 0 unspecified atom stereocenters. The fourth-order valence-electron chi connectivity index (χ4n) is 1.33. The van der Waals surface area contributed by atoms with Gasteiger partial charge in [-0.25, -0.2) is 0 Å². The van der Waals surface area contributed by atoms with E-state index in [9.17, 15) is 0 Å². The first kappa shape index (κ1) is 14.0. The van der Waals surface area contributed by atoms with E-state index in [1.54, 1.807) is 0 Å². The molecule has 0 aromatic heterocycles. The molecule has 0 bridgehead atoms. The van der Waals surface area contributed by atoms with Crippen LogP contribution < -0.4 is 0 Å². The summed E-state index contributed by atoms with van der Waals surface area (Å²) in [6.45, 7) is 12.4. The summed E-state index contributed by atoms with van der Waals surface area (Å²) in [6.07, 6.45) is 0. The lowest BCUT2D eigenvalue weighted by atomic mass is 10.5. The maximum atomic E-state index is 4.51. The standard InChI is InChI=1S/C10H22N2S2/c1-5-11(6-2)9(13)10(14)12(7-3)8-4/h13-14H,5-8H2,1-4H3. The van der Waals surface area contributed by atoms with Crippen LogP contribution in [-0.4, -0.2) is 36.0 Å². The maximum Gasteiger partial charge on any atom is 0.0979 e. The van der Waals surface area contributed by atoms with Crippen molar-refractivity contribution >= 4 is 25.3 Å². The SMILES string of the molecule is CCN(CC)C(S)=C(S)N(CC)CC. The van der Waals surface area contributed by atoms with Crippen LogP contribution in [0, 0.1) is 0 Å². The quantitative estimate of drug-likeness (QED) is 0.682. The van der Waals surface area contributed by atoms with E-state index in [1.165, 1.54) is 0 Å². The molecule has 0 radical (unpaired) electrons. The van der Waals surface area contributed by atoms with Crippen LogP contribution in [0.4, 0.5) is 0 Å². The van der Waals surface area contributed by atoms with Crippen LogP contribution in [0.5, 0.6) is 0 Å². The minimum absolute atomic E-state index is 0.973. The molecule has 2 nitrogen and oxygen atoms in total. The van der Waals surface area contributed by atoms with Crippen molar-refractivity contribution in [3.63, 3.8) is 0 Å². The summed E-state index contributed by atoms with van der Waals surface area (Å²) in [7, 11) is 0. The summed E-state index contributed by atoms with van der Waals surface area (Å²) < 4.78 is 0. The zero-order valence-electron chi connectivity index (χ0n) is 9.62. The Labute approximate surface area is 99.2 Å². The van der Waals surface area contributed by atoms with Gasteiger partial charge in [0.05, 0.1) is 10.1 Å². The van der Waals surface area contributed by atoms with Gasteiger partial charge in [0.25, 0.3) is 0 Å². The molecule has 0 heterocycles. The minimum atomic E-state index is 0.973. The van der Waals surface area contributed by atoms with Crippen molar-refractivity contribution in [2.45, 2.75) is 27.7 Å². The Bertz CT molecular complexity index is 165. The molecule has 0 saturated heterocycles. The summed E-state index contributed by atoms with van der Waals surface area (Å²) in [4.78, 5) is 4.40. The van der Waals surface area contributed by atoms with Crippen LogP contribution in [0.3, 0.4) is 0 Å². The molecule has 0 spiro atoms. The van der Waals surface area contributed by atoms with Gasteiger partial charge in [0.15, 0.2) is 0 Å². The molecule has 0 atom stereocenters. The average molecular weight is 234 g/mol. The van der Waals surface area contributed by atoms with Crippen LogP contribution in [0.15, 0.2) is 10.1 Å². The molecular formula is C10H22N2S2. The molecule has 0 fully saturated rings. The Kier molecular flexibility index (Phi) is 7.37. The van der Waals surface area contributed by atoms with Gasteiger partial charge in [-0.1, -0.05) is 0 Å². The van der Waals surface area contributed by atoms with Gasteiger partial charge in [-0.05, 0) is 27.7 Å². The number of nitrogens with zero attached hydrogens (tertiary/aromatic N) is 2. The molecule has 14 heavy (non-hydrogen) atoms. The molecule has 0 aromatic carbocycles. The summed E-state index contributed by atoms with van der Waals surface area (Å²) in [5.41, 5.74) is 0. The zero-order valence-corrected chi connectivity index (χ0v) is 11.4. The molecule has 0 aliphatic rings. The fraction of sp³-hybridized carbons (Fsp3) is 0.800. The number of thiol groups is 2. The summed E-state index contributed by atoms with van der Waals surface area (Å²) in [5, 5.41) is 1.95. The van der Waals surface area contributed by atoms with Crippen molar-refractivity contribution in [3.05, 3.63) is 10.1 Å². The predicted octanol–water partition coefficient (Wildman–Crippen LogP) is 2.66. The Morgan fingerprint density at radius 2 is 0.929 bits per heavy atom. The third kappa shape index (κ3) is 3.65. The Hall–Kier alpha value is 0.0400. The lowest BCUT2D eigenvalue weighted by molar-refractivity contribution is 0.365. The van der Waals surface area contributed by atoms with Gasteiger partial charge in [-0.15, -0.1) is 25.3 Å². The third-order valence-electron chi connectivity index (χ3n) is 2.33. The van der Waals surface area contributed by atoms with E-state index in [-0.39, 0.29) is 0 Å². The molecule has 0 aliphatic heterocycles. The van der Waals surface area contributed by atoms with E-state index in [1.807, 2.05) is 0 Å². The van der Waals surface area contributed by atoms with Gasteiger partial charge in [-0.2, -0.15) is 0 Å². The molecule has 0 saturated carbocycles. The Balaban J connectivity index is 4.69. The van der Waals surface area contributed by atoms with Crippen molar-refractivity contribution in [2.24, 2.45) is 0 Å². The van der Waals surface area contributed by atoms with E-state index in [0.29, 0.717) is 0 Å². The van der Waals surface area contributed by atoms with Gasteiger partial charge >= 0.3 is 0 Å². The highest BCUT2D eigenvalue weighted by Gasteiger charge is 2.10. The second-order valence-electron chi connectivity index (χ2n) is 2.99. The van der Waals surface area contributed by atoms with Gasteiger partial charge < -0.3 is 9.80 Å². The normalized spacial score (nSPS) is 12.4. The number of hydrogen-bond donors (Lipinski definition) is 2. The van der Waals surface area contributed by atoms with Crippen molar-refractivity contribution in [1.82, 2.24) is 9.80 Å². The van der Waals surface area contributed by atoms with Gasteiger partial charge in [0.2, 0.25) is 0 Å². The van der Waals surface area contributed by atoms with Crippen LogP contribution in [0.2, 0.25) is 0 Å². The van der Waals surface area contributed by atoms with Crippen LogP contribution in [0.1, 0.15) is 27.7 Å².